The third-order valence-corrected chi connectivity index (χ3v) is 3.84. The van der Waals surface area contributed by atoms with Crippen LogP contribution in [0.15, 0.2) is 42.6 Å². The third kappa shape index (κ3) is 7.04. The first-order valence-electron chi connectivity index (χ1n) is 8.77. The molecule has 0 aliphatic heterocycles. The number of hydrogen-bond acceptors (Lipinski definition) is 8. The van der Waals surface area contributed by atoms with Crippen molar-refractivity contribution in [1.29, 1.82) is 0 Å². The summed E-state index contributed by atoms with van der Waals surface area (Å²) in [6.45, 7) is 2.94. The van der Waals surface area contributed by atoms with E-state index in [1.54, 1.807) is 6.92 Å². The number of thiocarbonyl (C=S) groups is 1. The molecule has 1 N–H and O–H groups in total. The highest BCUT2D eigenvalue weighted by Gasteiger charge is 2.19. The fourth-order valence-electron chi connectivity index (χ4n) is 2.26. The molecule has 0 spiro atoms. The molecule has 0 amide bonds. The van der Waals surface area contributed by atoms with E-state index in [-0.39, 0.29) is 35.7 Å². The quantitative estimate of drug-likeness (QED) is 0.486. The lowest BCUT2D eigenvalue weighted by molar-refractivity contribution is -0.144. The van der Waals surface area contributed by atoms with Gasteiger partial charge in [0.05, 0.1) is 7.11 Å². The van der Waals surface area contributed by atoms with Crippen LogP contribution < -0.4 is 19.5 Å². The first-order chi connectivity index (χ1) is 13.9. The van der Waals surface area contributed by atoms with Crippen LogP contribution in [-0.4, -0.2) is 48.3 Å². The maximum atomic E-state index is 12.0. The Labute approximate surface area is 174 Å². The largest absolute Gasteiger partial charge is 0.493 e. The fourth-order valence-corrected chi connectivity index (χ4v) is 2.48. The van der Waals surface area contributed by atoms with Crippen LogP contribution in [-0.2, 0) is 14.3 Å². The molecule has 1 heterocycles. The SMILES string of the molecule is COc1ccnc(C(=S)NCC(=O)OC[C@H](C)Oc2ccccc2)c1OC(C)=O. The summed E-state index contributed by atoms with van der Waals surface area (Å²) in [4.78, 5) is 27.6. The Morgan fingerprint density at radius 1 is 1.21 bits per heavy atom. The van der Waals surface area contributed by atoms with Crippen molar-refractivity contribution in [2.75, 3.05) is 20.3 Å². The minimum Gasteiger partial charge on any atom is -0.493 e. The molecule has 0 aliphatic rings. The first-order valence-corrected chi connectivity index (χ1v) is 9.18. The van der Waals surface area contributed by atoms with Gasteiger partial charge in [0.25, 0.3) is 0 Å². The van der Waals surface area contributed by atoms with Gasteiger partial charge >= 0.3 is 11.9 Å². The summed E-state index contributed by atoms with van der Waals surface area (Å²) in [6.07, 6.45) is 1.14. The van der Waals surface area contributed by atoms with E-state index in [4.69, 9.17) is 31.2 Å². The Bertz CT molecular complexity index is 859. The summed E-state index contributed by atoms with van der Waals surface area (Å²) in [7, 11) is 1.43. The lowest BCUT2D eigenvalue weighted by atomic mass is 10.3. The minimum atomic E-state index is -0.549. The summed E-state index contributed by atoms with van der Waals surface area (Å²) >= 11 is 5.26. The van der Waals surface area contributed by atoms with Crippen LogP contribution >= 0.6 is 12.2 Å². The molecule has 0 saturated heterocycles. The second-order valence-electron chi connectivity index (χ2n) is 5.89. The maximum Gasteiger partial charge on any atom is 0.325 e. The molecule has 0 aliphatic carbocycles. The van der Waals surface area contributed by atoms with Crippen molar-refractivity contribution in [3.05, 3.63) is 48.3 Å². The molecule has 0 radical (unpaired) electrons. The molecule has 1 aromatic heterocycles. The van der Waals surface area contributed by atoms with E-state index in [0.717, 1.165) is 0 Å². The molecular weight excluding hydrogens is 396 g/mol. The Morgan fingerprint density at radius 2 is 1.93 bits per heavy atom. The summed E-state index contributed by atoms with van der Waals surface area (Å²) in [6, 6.07) is 10.8. The van der Waals surface area contributed by atoms with Crippen LogP contribution in [0.5, 0.6) is 17.2 Å². The molecule has 1 aromatic carbocycles. The Morgan fingerprint density at radius 3 is 2.59 bits per heavy atom. The molecule has 29 heavy (non-hydrogen) atoms. The molecule has 0 unspecified atom stereocenters. The van der Waals surface area contributed by atoms with Gasteiger partial charge in [-0.05, 0) is 19.1 Å². The summed E-state index contributed by atoms with van der Waals surface area (Å²) < 4.78 is 21.1. The Hall–Kier alpha value is -3.20. The number of hydrogen-bond donors (Lipinski definition) is 1. The van der Waals surface area contributed by atoms with Crippen molar-refractivity contribution in [3.8, 4) is 17.2 Å². The van der Waals surface area contributed by atoms with Crippen LogP contribution in [0.4, 0.5) is 0 Å². The van der Waals surface area contributed by atoms with Crippen LogP contribution in [0.3, 0.4) is 0 Å². The molecule has 0 saturated carbocycles. The Kier molecular flexibility index (Phi) is 8.35. The van der Waals surface area contributed by atoms with Gasteiger partial charge in [-0.1, -0.05) is 30.4 Å². The van der Waals surface area contributed by atoms with E-state index in [1.165, 1.54) is 26.3 Å². The average molecular weight is 418 g/mol. The number of pyridine rings is 1. The van der Waals surface area contributed by atoms with Gasteiger partial charge in [0.15, 0.2) is 5.75 Å². The van der Waals surface area contributed by atoms with Gasteiger partial charge in [-0.25, -0.2) is 4.98 Å². The van der Waals surface area contributed by atoms with Gasteiger partial charge < -0.3 is 24.3 Å². The van der Waals surface area contributed by atoms with Crippen molar-refractivity contribution in [1.82, 2.24) is 10.3 Å². The number of carbonyl (C=O) groups excluding carboxylic acids is 2. The lowest BCUT2D eigenvalue weighted by Gasteiger charge is -2.16. The van der Waals surface area contributed by atoms with Crippen molar-refractivity contribution in [2.45, 2.75) is 20.0 Å². The molecule has 2 aromatic rings. The summed E-state index contributed by atoms with van der Waals surface area (Å²) in [5.74, 6) is -0.000489. The molecule has 0 bridgehead atoms. The first kappa shape index (κ1) is 22.1. The highest BCUT2D eigenvalue weighted by molar-refractivity contribution is 7.80. The summed E-state index contributed by atoms with van der Waals surface area (Å²) in [5.41, 5.74) is 0.183. The monoisotopic (exact) mass is 418 g/mol. The average Bonchev–Trinajstić information content (AvgIpc) is 2.71. The zero-order valence-corrected chi connectivity index (χ0v) is 17.2. The second-order valence-corrected chi connectivity index (χ2v) is 6.30. The maximum absolute atomic E-state index is 12.0. The number of benzene rings is 1. The standard InChI is InChI=1S/C20H22N2O6S/c1-13(27-15-7-5-4-6-8-15)12-26-17(24)11-22-20(29)18-19(28-14(2)23)16(25-3)9-10-21-18/h4-10,13H,11-12H2,1-3H3,(H,22,29)/t13-/m0/s1. The highest BCUT2D eigenvalue weighted by Crippen LogP contribution is 2.29. The van der Waals surface area contributed by atoms with E-state index in [9.17, 15) is 9.59 Å². The van der Waals surface area contributed by atoms with E-state index >= 15 is 0 Å². The van der Waals surface area contributed by atoms with Crippen molar-refractivity contribution in [3.63, 3.8) is 0 Å². The molecule has 1 atom stereocenters. The van der Waals surface area contributed by atoms with Gasteiger partial charge in [-0.3, -0.25) is 9.59 Å². The zero-order chi connectivity index (χ0) is 21.2. The number of ether oxygens (including phenoxy) is 4. The topological polar surface area (TPSA) is 96.0 Å². The molecule has 0 fully saturated rings. The minimum absolute atomic E-state index is 0.0816. The fraction of sp³-hybridized carbons (Fsp3) is 0.300. The number of nitrogens with zero attached hydrogens (tertiary/aromatic N) is 1. The Balaban J connectivity index is 1.87. The zero-order valence-electron chi connectivity index (χ0n) is 16.3. The van der Waals surface area contributed by atoms with Gasteiger partial charge in [0, 0.05) is 19.2 Å². The van der Waals surface area contributed by atoms with E-state index in [1.807, 2.05) is 30.3 Å². The number of para-hydroxylation sites is 1. The van der Waals surface area contributed by atoms with Crippen molar-refractivity contribution in [2.24, 2.45) is 0 Å². The van der Waals surface area contributed by atoms with Gasteiger partial charge in [0.2, 0.25) is 5.75 Å². The van der Waals surface area contributed by atoms with Gasteiger partial charge in [-0.15, -0.1) is 0 Å². The molecular formula is C20H22N2O6S. The molecule has 154 valence electrons. The molecule has 2 rings (SSSR count). The normalized spacial score (nSPS) is 11.1. The van der Waals surface area contributed by atoms with Crippen LogP contribution in [0.25, 0.3) is 0 Å². The van der Waals surface area contributed by atoms with Crippen LogP contribution in [0, 0.1) is 0 Å². The van der Waals surface area contributed by atoms with E-state index in [2.05, 4.69) is 10.3 Å². The van der Waals surface area contributed by atoms with Gasteiger partial charge in [0.1, 0.15) is 35.7 Å². The number of nitrogens with one attached hydrogen (secondary N) is 1. The third-order valence-electron chi connectivity index (χ3n) is 3.50. The van der Waals surface area contributed by atoms with Crippen LogP contribution in [0.2, 0.25) is 0 Å². The second kappa shape index (κ2) is 11.0. The van der Waals surface area contributed by atoms with E-state index in [0.29, 0.717) is 11.5 Å². The molecule has 9 heteroatoms. The number of esters is 2. The van der Waals surface area contributed by atoms with E-state index < -0.39 is 11.9 Å². The van der Waals surface area contributed by atoms with Crippen molar-refractivity contribution < 1.29 is 28.5 Å². The number of carbonyl (C=O) groups is 2. The predicted molar refractivity (Wildman–Crippen MR) is 109 cm³/mol. The molecule has 8 nitrogen and oxygen atoms in total. The summed E-state index contributed by atoms with van der Waals surface area (Å²) in [5, 5.41) is 2.74. The lowest BCUT2D eigenvalue weighted by Crippen LogP contribution is -2.32. The number of aromatic nitrogens is 1. The number of rotatable bonds is 9. The predicted octanol–water partition coefficient (Wildman–Crippen LogP) is 2.29. The van der Waals surface area contributed by atoms with Crippen molar-refractivity contribution >= 4 is 29.1 Å². The number of methoxy groups -OCH3 is 1. The van der Waals surface area contributed by atoms with Gasteiger partial charge in [-0.2, -0.15) is 0 Å². The highest BCUT2D eigenvalue weighted by atomic mass is 32.1. The smallest absolute Gasteiger partial charge is 0.325 e. The van der Waals surface area contributed by atoms with Crippen LogP contribution in [0.1, 0.15) is 19.5 Å².